The lowest BCUT2D eigenvalue weighted by molar-refractivity contribution is 0.132. The number of aryl methyl sites for hydroxylation is 1. The van der Waals surface area contributed by atoms with Gasteiger partial charge in [-0.05, 0) is 31.9 Å². The highest BCUT2D eigenvalue weighted by molar-refractivity contribution is 5.89. The van der Waals surface area contributed by atoms with Crippen LogP contribution in [-0.4, -0.2) is 39.8 Å². The molecule has 1 saturated heterocycles. The predicted molar refractivity (Wildman–Crippen MR) is 74.6 cm³/mol. The summed E-state index contributed by atoms with van der Waals surface area (Å²) in [5.41, 5.74) is 0.00676. The fourth-order valence-electron chi connectivity index (χ4n) is 2.83. The zero-order valence-corrected chi connectivity index (χ0v) is 11.5. The third kappa shape index (κ3) is 2.10. The molecule has 20 heavy (non-hydrogen) atoms. The maximum atomic E-state index is 12.2. The predicted octanol–water partition coefficient (Wildman–Crippen LogP) is 0.857. The van der Waals surface area contributed by atoms with Crippen molar-refractivity contribution in [1.29, 1.82) is 0 Å². The molecule has 108 valence electrons. The van der Waals surface area contributed by atoms with Crippen LogP contribution in [0.5, 0.6) is 0 Å². The van der Waals surface area contributed by atoms with Gasteiger partial charge in [-0.1, -0.05) is 0 Å². The number of aliphatic hydroxyl groups is 1. The summed E-state index contributed by atoms with van der Waals surface area (Å²) in [6, 6.07) is 3.03. The molecule has 1 unspecified atom stereocenters. The largest absolute Gasteiger partial charge is 0.391 e. The van der Waals surface area contributed by atoms with Gasteiger partial charge in [-0.3, -0.25) is 4.79 Å². The van der Waals surface area contributed by atoms with Crippen LogP contribution in [0.1, 0.15) is 19.8 Å². The summed E-state index contributed by atoms with van der Waals surface area (Å²) in [5, 5.41) is 12.6. The molecule has 2 heterocycles. The zero-order valence-electron chi connectivity index (χ0n) is 11.5. The van der Waals surface area contributed by atoms with Gasteiger partial charge in [0.05, 0.1) is 6.10 Å². The van der Waals surface area contributed by atoms with E-state index in [4.69, 9.17) is 0 Å². The van der Waals surface area contributed by atoms with Gasteiger partial charge in [0.1, 0.15) is 5.69 Å². The number of rotatable bonds is 2. The van der Waals surface area contributed by atoms with Gasteiger partial charge >= 0.3 is 6.03 Å². The molecule has 1 aliphatic carbocycles. The first-order valence-electron chi connectivity index (χ1n) is 6.99. The summed E-state index contributed by atoms with van der Waals surface area (Å²) in [6.07, 6.45) is 3.21. The molecular formula is C14H19N3O3. The molecule has 0 aromatic carbocycles. The van der Waals surface area contributed by atoms with Gasteiger partial charge in [0.2, 0.25) is 0 Å². The molecule has 1 spiro atoms. The number of amides is 2. The van der Waals surface area contributed by atoms with Crippen molar-refractivity contribution < 1.29 is 9.90 Å². The first kappa shape index (κ1) is 13.2. The SMILES string of the molecule is CCn1cccc(NC(=O)N2CC(O)C3(CC3)C2)c1=O. The van der Waals surface area contributed by atoms with Gasteiger partial charge in [-0.15, -0.1) is 0 Å². The van der Waals surface area contributed by atoms with Gasteiger partial charge in [-0.25, -0.2) is 4.79 Å². The van der Waals surface area contributed by atoms with E-state index in [1.807, 2.05) is 6.92 Å². The van der Waals surface area contributed by atoms with Gasteiger partial charge in [0.25, 0.3) is 5.56 Å². The molecule has 1 aliphatic heterocycles. The van der Waals surface area contributed by atoms with Crippen molar-refractivity contribution in [2.24, 2.45) is 5.41 Å². The number of hydrogen-bond donors (Lipinski definition) is 2. The molecule has 2 N–H and O–H groups in total. The van der Waals surface area contributed by atoms with E-state index in [0.29, 0.717) is 19.6 Å². The number of hydrogen-bond acceptors (Lipinski definition) is 3. The molecule has 6 heteroatoms. The minimum atomic E-state index is -0.434. The lowest BCUT2D eigenvalue weighted by Gasteiger charge is -2.17. The van der Waals surface area contributed by atoms with Crippen LogP contribution in [0, 0.1) is 5.41 Å². The molecule has 2 aliphatic rings. The van der Waals surface area contributed by atoms with Crippen molar-refractivity contribution in [1.82, 2.24) is 9.47 Å². The molecular weight excluding hydrogens is 258 g/mol. The Hall–Kier alpha value is -1.82. The molecule has 1 atom stereocenters. The summed E-state index contributed by atoms with van der Waals surface area (Å²) in [7, 11) is 0. The lowest BCUT2D eigenvalue weighted by atomic mass is 10.0. The van der Waals surface area contributed by atoms with Gasteiger partial charge < -0.3 is 19.9 Å². The Morgan fingerprint density at radius 1 is 1.55 bits per heavy atom. The number of nitrogens with zero attached hydrogens (tertiary/aromatic N) is 2. The highest BCUT2D eigenvalue weighted by Crippen LogP contribution is 2.52. The Bertz CT molecular complexity index is 592. The second-order valence-corrected chi connectivity index (χ2v) is 5.70. The summed E-state index contributed by atoms with van der Waals surface area (Å²) < 4.78 is 1.54. The number of aromatic nitrogens is 1. The number of anilines is 1. The summed E-state index contributed by atoms with van der Waals surface area (Å²) >= 11 is 0. The Morgan fingerprint density at radius 2 is 2.30 bits per heavy atom. The third-order valence-electron chi connectivity index (χ3n) is 4.39. The number of urea groups is 1. The van der Waals surface area contributed by atoms with E-state index in [1.54, 1.807) is 23.2 Å². The molecule has 2 fully saturated rings. The molecule has 0 bridgehead atoms. The Kier molecular flexibility index (Phi) is 3.05. The number of nitrogens with one attached hydrogen (secondary N) is 1. The number of aliphatic hydroxyl groups excluding tert-OH is 1. The van der Waals surface area contributed by atoms with Crippen molar-refractivity contribution >= 4 is 11.7 Å². The Morgan fingerprint density at radius 3 is 2.90 bits per heavy atom. The maximum absolute atomic E-state index is 12.2. The highest BCUT2D eigenvalue weighted by atomic mass is 16.3. The number of pyridine rings is 1. The quantitative estimate of drug-likeness (QED) is 0.842. The average Bonchev–Trinajstić information content (AvgIpc) is 3.13. The smallest absolute Gasteiger partial charge is 0.322 e. The minimum absolute atomic E-state index is 0.0718. The van der Waals surface area contributed by atoms with Crippen LogP contribution in [0.25, 0.3) is 0 Å². The normalized spacial score (nSPS) is 23.1. The van der Waals surface area contributed by atoms with Crippen LogP contribution in [0.3, 0.4) is 0 Å². The second-order valence-electron chi connectivity index (χ2n) is 5.70. The number of carbonyl (C=O) groups is 1. The van der Waals surface area contributed by atoms with Crippen LogP contribution in [-0.2, 0) is 6.54 Å². The van der Waals surface area contributed by atoms with E-state index in [0.717, 1.165) is 12.8 Å². The molecule has 1 saturated carbocycles. The van der Waals surface area contributed by atoms with Crippen molar-refractivity contribution in [2.45, 2.75) is 32.4 Å². The van der Waals surface area contributed by atoms with E-state index in [2.05, 4.69) is 5.32 Å². The van der Waals surface area contributed by atoms with Gasteiger partial charge in [0.15, 0.2) is 0 Å². The van der Waals surface area contributed by atoms with E-state index >= 15 is 0 Å². The van der Waals surface area contributed by atoms with E-state index in [9.17, 15) is 14.7 Å². The van der Waals surface area contributed by atoms with Crippen LogP contribution >= 0.6 is 0 Å². The second kappa shape index (κ2) is 4.63. The Balaban J connectivity index is 1.72. The van der Waals surface area contributed by atoms with Crippen LogP contribution in [0.15, 0.2) is 23.1 Å². The first-order chi connectivity index (χ1) is 9.55. The lowest BCUT2D eigenvalue weighted by Crippen LogP contribution is -2.36. The fraction of sp³-hybridized carbons (Fsp3) is 0.571. The molecule has 1 aromatic rings. The topological polar surface area (TPSA) is 74.6 Å². The molecule has 6 nitrogen and oxygen atoms in total. The number of likely N-dealkylation sites (tertiary alicyclic amines) is 1. The zero-order chi connectivity index (χ0) is 14.3. The molecule has 0 radical (unpaired) electrons. The number of β-amino-alcohol motifs (C(OH)–C–C–N with tert-alkyl or cyclic N) is 1. The standard InChI is InChI=1S/C14H19N3O3/c1-2-16-7-3-4-10(12(16)19)15-13(20)17-8-11(18)14(9-17)5-6-14/h3-4,7,11,18H,2,5-6,8-9H2,1H3,(H,15,20). The van der Waals surface area contributed by atoms with Crippen LogP contribution < -0.4 is 10.9 Å². The Labute approximate surface area is 117 Å². The van der Waals surface area contributed by atoms with Gasteiger partial charge in [0, 0.05) is 31.2 Å². The van der Waals surface area contributed by atoms with Crippen molar-refractivity contribution in [3.05, 3.63) is 28.7 Å². The van der Waals surface area contributed by atoms with Crippen molar-refractivity contribution in [2.75, 3.05) is 18.4 Å². The first-order valence-corrected chi connectivity index (χ1v) is 6.99. The summed E-state index contributed by atoms with van der Waals surface area (Å²) in [5.74, 6) is 0. The average molecular weight is 277 g/mol. The van der Waals surface area contributed by atoms with Crippen molar-refractivity contribution in [3.63, 3.8) is 0 Å². The summed E-state index contributed by atoms with van der Waals surface area (Å²) in [6.45, 7) is 3.37. The van der Waals surface area contributed by atoms with Gasteiger partial charge in [-0.2, -0.15) is 0 Å². The minimum Gasteiger partial charge on any atom is -0.391 e. The molecule has 2 amide bonds. The maximum Gasteiger partial charge on any atom is 0.322 e. The van der Waals surface area contributed by atoms with Crippen LogP contribution in [0.4, 0.5) is 10.5 Å². The fourth-order valence-corrected chi connectivity index (χ4v) is 2.83. The monoisotopic (exact) mass is 277 g/mol. The summed E-state index contributed by atoms with van der Waals surface area (Å²) in [4.78, 5) is 25.8. The molecule has 3 rings (SSSR count). The molecule has 1 aromatic heterocycles. The van der Waals surface area contributed by atoms with E-state index < -0.39 is 6.10 Å². The third-order valence-corrected chi connectivity index (χ3v) is 4.39. The van der Waals surface area contributed by atoms with Crippen LogP contribution in [0.2, 0.25) is 0 Å². The van der Waals surface area contributed by atoms with E-state index in [-0.39, 0.29) is 22.7 Å². The number of carbonyl (C=O) groups excluding carboxylic acids is 1. The van der Waals surface area contributed by atoms with Crippen molar-refractivity contribution in [3.8, 4) is 0 Å². The highest BCUT2D eigenvalue weighted by Gasteiger charge is 2.55. The van der Waals surface area contributed by atoms with E-state index in [1.165, 1.54) is 4.57 Å².